The number of nitrogens with zero attached hydrogens (tertiary/aromatic N) is 2. The number of ether oxygens (including phenoxy) is 1. The molecule has 0 bridgehead atoms. The number of hydrogen-bond donors (Lipinski definition) is 1. The molecular formula is C13H12ClF2N3O3S. The fourth-order valence-electron chi connectivity index (χ4n) is 1.61. The molecular weight excluding hydrogens is 352 g/mol. The number of nitrogens with one attached hydrogen (secondary N) is 1. The summed E-state index contributed by atoms with van der Waals surface area (Å²) in [5, 5.41) is -0.178. The Morgan fingerprint density at radius 1 is 1.26 bits per heavy atom. The Morgan fingerprint density at radius 2 is 2.00 bits per heavy atom. The highest BCUT2D eigenvalue weighted by Gasteiger charge is 2.20. The molecule has 0 amide bonds. The lowest BCUT2D eigenvalue weighted by Crippen LogP contribution is -2.15. The standard InChI is InChI=1S/C13H12ClF2N3O3S/c1-8-5-6-9(13(14)17-8)23(20,21)19-11-3-2-4-12(18-11)22-7-10(15)16/h2-6,10H,7H2,1H3,(H,18,19). The van der Waals surface area contributed by atoms with E-state index < -0.39 is 23.1 Å². The number of aromatic nitrogens is 2. The zero-order valence-electron chi connectivity index (χ0n) is 11.8. The fraction of sp³-hybridized carbons (Fsp3) is 0.231. The largest absolute Gasteiger partial charge is 0.472 e. The van der Waals surface area contributed by atoms with Crippen LogP contribution in [0.25, 0.3) is 0 Å². The highest BCUT2D eigenvalue weighted by Crippen LogP contribution is 2.22. The highest BCUT2D eigenvalue weighted by molar-refractivity contribution is 7.92. The van der Waals surface area contributed by atoms with Crippen molar-refractivity contribution in [2.24, 2.45) is 0 Å². The molecule has 0 unspecified atom stereocenters. The van der Waals surface area contributed by atoms with Crippen LogP contribution < -0.4 is 9.46 Å². The second kappa shape index (κ2) is 7.05. The smallest absolute Gasteiger partial charge is 0.272 e. The van der Waals surface area contributed by atoms with Gasteiger partial charge in [-0.05, 0) is 25.1 Å². The number of rotatable bonds is 6. The van der Waals surface area contributed by atoms with Gasteiger partial charge in [-0.3, -0.25) is 4.72 Å². The maximum atomic E-state index is 12.3. The second-order valence-corrected chi connectivity index (χ2v) is 6.42. The first-order chi connectivity index (χ1) is 10.8. The molecule has 0 atom stereocenters. The van der Waals surface area contributed by atoms with E-state index in [-0.39, 0.29) is 21.7 Å². The van der Waals surface area contributed by atoms with E-state index in [0.717, 1.165) is 0 Å². The third kappa shape index (κ3) is 4.73. The van der Waals surface area contributed by atoms with Crippen molar-refractivity contribution in [3.05, 3.63) is 41.2 Å². The van der Waals surface area contributed by atoms with Gasteiger partial charge < -0.3 is 4.74 Å². The Kier molecular flexibility index (Phi) is 5.32. The van der Waals surface area contributed by atoms with E-state index in [1.807, 2.05) is 0 Å². The zero-order chi connectivity index (χ0) is 17.0. The monoisotopic (exact) mass is 363 g/mol. The third-order valence-electron chi connectivity index (χ3n) is 2.56. The predicted molar refractivity (Wildman–Crippen MR) is 80.5 cm³/mol. The molecule has 0 radical (unpaired) electrons. The molecule has 2 aromatic rings. The lowest BCUT2D eigenvalue weighted by molar-refractivity contribution is 0.0797. The first kappa shape index (κ1) is 17.4. The molecule has 0 aliphatic carbocycles. The SMILES string of the molecule is Cc1ccc(S(=O)(=O)Nc2cccc(OCC(F)F)n2)c(Cl)n1. The number of halogens is 3. The van der Waals surface area contributed by atoms with E-state index in [2.05, 4.69) is 14.7 Å². The van der Waals surface area contributed by atoms with Crippen molar-refractivity contribution >= 4 is 27.4 Å². The number of aryl methyl sites for hydroxylation is 1. The summed E-state index contributed by atoms with van der Waals surface area (Å²) in [4.78, 5) is 7.44. The van der Waals surface area contributed by atoms with Crippen LogP contribution in [0.5, 0.6) is 5.88 Å². The van der Waals surface area contributed by atoms with Crippen molar-refractivity contribution < 1.29 is 21.9 Å². The van der Waals surface area contributed by atoms with Crippen molar-refractivity contribution in [3.63, 3.8) is 0 Å². The molecule has 0 saturated carbocycles. The highest BCUT2D eigenvalue weighted by atomic mass is 35.5. The molecule has 0 fully saturated rings. The molecule has 2 heterocycles. The van der Waals surface area contributed by atoms with Crippen LogP contribution in [0.2, 0.25) is 5.15 Å². The van der Waals surface area contributed by atoms with E-state index >= 15 is 0 Å². The molecule has 0 spiro atoms. The number of anilines is 1. The van der Waals surface area contributed by atoms with Crippen molar-refractivity contribution in [2.45, 2.75) is 18.2 Å². The summed E-state index contributed by atoms with van der Waals surface area (Å²) >= 11 is 5.84. The minimum atomic E-state index is -4.02. The second-order valence-electron chi connectivity index (χ2n) is 4.41. The summed E-state index contributed by atoms with van der Waals surface area (Å²) in [6.07, 6.45) is -2.66. The predicted octanol–water partition coefficient (Wildman–Crippen LogP) is 2.88. The van der Waals surface area contributed by atoms with Crippen LogP contribution in [-0.2, 0) is 10.0 Å². The van der Waals surface area contributed by atoms with E-state index in [4.69, 9.17) is 16.3 Å². The quantitative estimate of drug-likeness (QED) is 0.798. The van der Waals surface area contributed by atoms with Crippen LogP contribution >= 0.6 is 11.6 Å². The Hall–Kier alpha value is -2.00. The molecule has 6 nitrogen and oxygen atoms in total. The molecule has 1 N–H and O–H groups in total. The van der Waals surface area contributed by atoms with Gasteiger partial charge in [-0.25, -0.2) is 22.2 Å². The summed E-state index contributed by atoms with van der Waals surface area (Å²) < 4.78 is 55.7. The normalized spacial score (nSPS) is 11.5. The molecule has 124 valence electrons. The van der Waals surface area contributed by atoms with Crippen LogP contribution in [0.4, 0.5) is 14.6 Å². The molecule has 10 heteroatoms. The maximum Gasteiger partial charge on any atom is 0.272 e. The molecule has 0 saturated heterocycles. The van der Waals surface area contributed by atoms with Crippen LogP contribution in [0, 0.1) is 6.92 Å². The van der Waals surface area contributed by atoms with Crippen molar-refractivity contribution in [1.29, 1.82) is 0 Å². The topological polar surface area (TPSA) is 81.2 Å². The Balaban J connectivity index is 2.22. The number of alkyl halides is 2. The first-order valence-corrected chi connectivity index (χ1v) is 8.18. The fourth-order valence-corrected chi connectivity index (χ4v) is 3.12. The molecule has 0 aliphatic rings. The van der Waals surface area contributed by atoms with E-state index in [0.29, 0.717) is 5.69 Å². The minimum Gasteiger partial charge on any atom is -0.472 e. The van der Waals surface area contributed by atoms with Gasteiger partial charge >= 0.3 is 0 Å². The molecule has 23 heavy (non-hydrogen) atoms. The summed E-state index contributed by atoms with van der Waals surface area (Å²) in [7, 11) is -4.02. The molecule has 0 aromatic carbocycles. The van der Waals surface area contributed by atoms with Gasteiger partial charge in [0, 0.05) is 11.8 Å². The third-order valence-corrected chi connectivity index (χ3v) is 4.35. The molecule has 2 rings (SSSR count). The van der Waals surface area contributed by atoms with Crippen LogP contribution in [0.3, 0.4) is 0 Å². The summed E-state index contributed by atoms with van der Waals surface area (Å²) in [6.45, 7) is 0.831. The number of sulfonamides is 1. The van der Waals surface area contributed by atoms with Gasteiger partial charge in [0.05, 0.1) is 0 Å². The lowest BCUT2D eigenvalue weighted by atomic mass is 10.4. The number of hydrogen-bond acceptors (Lipinski definition) is 5. The Morgan fingerprint density at radius 3 is 2.65 bits per heavy atom. The van der Waals surface area contributed by atoms with Crippen LogP contribution in [0.1, 0.15) is 5.69 Å². The van der Waals surface area contributed by atoms with Crippen LogP contribution in [-0.4, -0.2) is 31.4 Å². The van der Waals surface area contributed by atoms with E-state index in [1.54, 1.807) is 6.92 Å². The van der Waals surface area contributed by atoms with Crippen molar-refractivity contribution in [1.82, 2.24) is 9.97 Å². The molecule has 2 aromatic heterocycles. The lowest BCUT2D eigenvalue weighted by Gasteiger charge is -2.10. The average molecular weight is 364 g/mol. The zero-order valence-corrected chi connectivity index (χ0v) is 13.4. The molecule has 0 aliphatic heterocycles. The van der Waals surface area contributed by atoms with Crippen molar-refractivity contribution in [2.75, 3.05) is 11.3 Å². The van der Waals surface area contributed by atoms with Gasteiger partial charge in [-0.2, -0.15) is 4.98 Å². The van der Waals surface area contributed by atoms with Gasteiger partial charge in [0.2, 0.25) is 5.88 Å². The average Bonchev–Trinajstić information content (AvgIpc) is 2.44. The first-order valence-electron chi connectivity index (χ1n) is 6.32. The summed E-state index contributed by atoms with van der Waals surface area (Å²) in [5.74, 6) is -0.216. The van der Waals surface area contributed by atoms with Gasteiger partial charge in [0.15, 0.2) is 6.61 Å². The summed E-state index contributed by atoms with van der Waals surface area (Å²) in [6, 6.07) is 6.91. The Labute approximate surface area is 136 Å². The van der Waals surface area contributed by atoms with E-state index in [9.17, 15) is 17.2 Å². The van der Waals surface area contributed by atoms with Gasteiger partial charge in [0.1, 0.15) is 15.9 Å². The Bertz CT molecular complexity index is 803. The van der Waals surface area contributed by atoms with Gasteiger partial charge in [0.25, 0.3) is 16.4 Å². The maximum absolute atomic E-state index is 12.3. The van der Waals surface area contributed by atoms with E-state index in [1.165, 1.54) is 30.3 Å². The van der Waals surface area contributed by atoms with Gasteiger partial charge in [-0.15, -0.1) is 0 Å². The van der Waals surface area contributed by atoms with Crippen LogP contribution in [0.15, 0.2) is 35.2 Å². The number of pyridine rings is 2. The summed E-state index contributed by atoms with van der Waals surface area (Å²) in [5.41, 5.74) is 0.564. The van der Waals surface area contributed by atoms with Gasteiger partial charge in [-0.1, -0.05) is 17.7 Å². The minimum absolute atomic E-state index is 0.0894. The van der Waals surface area contributed by atoms with Crippen molar-refractivity contribution in [3.8, 4) is 5.88 Å².